The third-order valence-corrected chi connectivity index (χ3v) is 4.33. The zero-order valence-corrected chi connectivity index (χ0v) is 9.59. The zero-order chi connectivity index (χ0) is 10.2. The Hall–Kier alpha value is -0.120. The molecule has 0 amide bonds. The predicted molar refractivity (Wildman–Crippen MR) is 58.8 cm³/mol. The molecule has 14 heavy (non-hydrogen) atoms. The van der Waals surface area contributed by atoms with E-state index in [4.69, 9.17) is 11.6 Å². The lowest BCUT2D eigenvalue weighted by atomic mass is 9.95. The number of rotatable bonds is 2. The van der Waals surface area contributed by atoms with Crippen LogP contribution in [0.2, 0.25) is 5.02 Å². The van der Waals surface area contributed by atoms with Gasteiger partial charge in [-0.05, 0) is 37.8 Å². The molecule has 1 nitrogen and oxygen atoms in total. The van der Waals surface area contributed by atoms with Crippen molar-refractivity contribution < 1.29 is 4.39 Å². The molecule has 1 N–H and O–H groups in total. The molecule has 1 aliphatic rings. The van der Waals surface area contributed by atoms with Crippen molar-refractivity contribution in [2.75, 3.05) is 6.54 Å². The summed E-state index contributed by atoms with van der Waals surface area (Å²) in [5.41, 5.74) is -1.33. The van der Waals surface area contributed by atoms with Crippen molar-refractivity contribution in [3.8, 4) is 0 Å². The first-order chi connectivity index (χ1) is 6.62. The molecule has 0 saturated carbocycles. The summed E-state index contributed by atoms with van der Waals surface area (Å²) in [6.07, 6.45) is 1.94. The van der Waals surface area contributed by atoms with Crippen LogP contribution < -0.4 is 5.32 Å². The van der Waals surface area contributed by atoms with E-state index < -0.39 is 5.67 Å². The first-order valence-corrected chi connectivity index (χ1v) is 6.04. The lowest BCUT2D eigenvalue weighted by Crippen LogP contribution is -2.39. The Labute approximate surface area is 92.3 Å². The van der Waals surface area contributed by atoms with E-state index in [1.165, 1.54) is 11.3 Å². The Bertz CT molecular complexity index is 318. The Morgan fingerprint density at radius 2 is 2.50 bits per heavy atom. The maximum absolute atomic E-state index is 14.5. The summed E-state index contributed by atoms with van der Waals surface area (Å²) < 4.78 is 14.5. The number of thiophene rings is 1. The van der Waals surface area contributed by atoms with Crippen molar-refractivity contribution >= 4 is 22.9 Å². The standard InChI is InChI=1S/C10H13ClFNS/c1-10(12,8-3-2-5-13-8)9-7(11)4-6-14-9/h4,6,8,13H,2-3,5H2,1H3. The average molecular weight is 234 g/mol. The minimum atomic E-state index is -1.33. The third kappa shape index (κ3) is 1.69. The molecular weight excluding hydrogens is 221 g/mol. The molecule has 0 spiro atoms. The molecule has 2 rings (SSSR count). The predicted octanol–water partition coefficient (Wildman–Crippen LogP) is 3.34. The Balaban J connectivity index is 2.26. The fourth-order valence-electron chi connectivity index (χ4n) is 1.95. The molecule has 0 radical (unpaired) electrons. The topological polar surface area (TPSA) is 12.0 Å². The molecule has 0 aliphatic carbocycles. The summed E-state index contributed by atoms with van der Waals surface area (Å²) in [5, 5.41) is 5.57. The molecule has 78 valence electrons. The highest BCUT2D eigenvalue weighted by molar-refractivity contribution is 7.10. The fraction of sp³-hybridized carbons (Fsp3) is 0.600. The van der Waals surface area contributed by atoms with E-state index in [0.717, 1.165) is 19.4 Å². The summed E-state index contributed by atoms with van der Waals surface area (Å²) in [6, 6.07) is 1.67. The molecule has 1 saturated heterocycles. The maximum atomic E-state index is 14.5. The SMILES string of the molecule is CC(F)(c1sccc1Cl)C1CCCN1. The lowest BCUT2D eigenvalue weighted by molar-refractivity contribution is 0.142. The number of alkyl halides is 1. The lowest BCUT2D eigenvalue weighted by Gasteiger charge is -2.26. The van der Waals surface area contributed by atoms with Crippen LogP contribution in [0.25, 0.3) is 0 Å². The minimum absolute atomic E-state index is 0.0846. The quantitative estimate of drug-likeness (QED) is 0.826. The smallest absolute Gasteiger partial charge is 0.158 e. The normalized spacial score (nSPS) is 26.4. The average Bonchev–Trinajstić information content (AvgIpc) is 2.72. The van der Waals surface area contributed by atoms with Gasteiger partial charge in [0.05, 0.1) is 9.90 Å². The van der Waals surface area contributed by atoms with Gasteiger partial charge < -0.3 is 5.32 Å². The van der Waals surface area contributed by atoms with Crippen molar-refractivity contribution in [1.29, 1.82) is 0 Å². The molecule has 1 aromatic rings. The van der Waals surface area contributed by atoms with Crippen LogP contribution in [0.5, 0.6) is 0 Å². The first kappa shape index (κ1) is 10.4. The number of halogens is 2. The van der Waals surface area contributed by atoms with Crippen molar-refractivity contribution in [2.45, 2.75) is 31.5 Å². The third-order valence-electron chi connectivity index (χ3n) is 2.78. The fourth-order valence-corrected chi connectivity index (χ4v) is 3.30. The Morgan fingerprint density at radius 1 is 1.71 bits per heavy atom. The van der Waals surface area contributed by atoms with Crippen molar-refractivity contribution in [3.63, 3.8) is 0 Å². The summed E-state index contributed by atoms with van der Waals surface area (Å²) in [7, 11) is 0. The molecule has 4 heteroatoms. The summed E-state index contributed by atoms with van der Waals surface area (Å²) in [6.45, 7) is 2.53. The Kier molecular flexibility index (Phi) is 2.82. The van der Waals surface area contributed by atoms with Gasteiger partial charge in [0.15, 0.2) is 5.67 Å². The van der Waals surface area contributed by atoms with Gasteiger partial charge in [-0.1, -0.05) is 11.6 Å². The summed E-state index contributed by atoms with van der Waals surface area (Å²) >= 11 is 7.34. The minimum Gasteiger partial charge on any atom is -0.311 e. The van der Waals surface area contributed by atoms with Crippen molar-refractivity contribution in [2.24, 2.45) is 0 Å². The van der Waals surface area contributed by atoms with Gasteiger partial charge in [0.25, 0.3) is 0 Å². The molecule has 2 atom stereocenters. The first-order valence-electron chi connectivity index (χ1n) is 4.78. The van der Waals surface area contributed by atoms with E-state index in [1.807, 2.05) is 5.38 Å². The molecule has 1 aliphatic heterocycles. The monoisotopic (exact) mass is 233 g/mol. The van der Waals surface area contributed by atoms with Gasteiger partial charge in [0.2, 0.25) is 0 Å². The van der Waals surface area contributed by atoms with E-state index >= 15 is 0 Å². The molecular formula is C10H13ClFNS. The van der Waals surface area contributed by atoms with Gasteiger partial charge in [0.1, 0.15) is 0 Å². The highest BCUT2D eigenvalue weighted by atomic mass is 35.5. The van der Waals surface area contributed by atoms with Gasteiger partial charge in [-0.25, -0.2) is 4.39 Å². The van der Waals surface area contributed by atoms with E-state index in [9.17, 15) is 4.39 Å². The van der Waals surface area contributed by atoms with Crippen LogP contribution in [0.4, 0.5) is 4.39 Å². The molecule has 0 aromatic carbocycles. The second-order valence-corrected chi connectivity index (χ2v) is 5.15. The molecule has 2 unspecified atom stereocenters. The highest BCUT2D eigenvalue weighted by Crippen LogP contribution is 2.40. The number of hydrogen-bond acceptors (Lipinski definition) is 2. The van der Waals surface area contributed by atoms with Crippen LogP contribution >= 0.6 is 22.9 Å². The van der Waals surface area contributed by atoms with E-state index in [-0.39, 0.29) is 6.04 Å². The molecule has 1 aromatic heterocycles. The van der Waals surface area contributed by atoms with Crippen LogP contribution in [0, 0.1) is 0 Å². The van der Waals surface area contributed by atoms with E-state index in [1.54, 1.807) is 13.0 Å². The second kappa shape index (κ2) is 3.80. The molecule has 2 heterocycles. The van der Waals surface area contributed by atoms with Gasteiger partial charge in [-0.15, -0.1) is 11.3 Å². The van der Waals surface area contributed by atoms with Gasteiger partial charge in [-0.2, -0.15) is 0 Å². The number of nitrogens with one attached hydrogen (secondary N) is 1. The highest BCUT2D eigenvalue weighted by Gasteiger charge is 2.39. The van der Waals surface area contributed by atoms with E-state index in [0.29, 0.717) is 9.90 Å². The Morgan fingerprint density at radius 3 is 3.00 bits per heavy atom. The van der Waals surface area contributed by atoms with E-state index in [2.05, 4.69) is 5.32 Å². The second-order valence-electron chi connectivity index (χ2n) is 3.82. The van der Waals surface area contributed by atoms with Gasteiger partial charge in [0, 0.05) is 6.04 Å². The largest absolute Gasteiger partial charge is 0.311 e. The summed E-state index contributed by atoms with van der Waals surface area (Å²) in [5.74, 6) is 0. The van der Waals surface area contributed by atoms with Crippen LogP contribution in [-0.2, 0) is 5.67 Å². The zero-order valence-electron chi connectivity index (χ0n) is 8.02. The van der Waals surface area contributed by atoms with Gasteiger partial charge in [-0.3, -0.25) is 0 Å². The van der Waals surface area contributed by atoms with Gasteiger partial charge >= 0.3 is 0 Å². The maximum Gasteiger partial charge on any atom is 0.158 e. The summed E-state index contributed by atoms with van der Waals surface area (Å²) in [4.78, 5) is 0.651. The molecule has 0 bridgehead atoms. The van der Waals surface area contributed by atoms with Crippen molar-refractivity contribution in [1.82, 2.24) is 5.32 Å². The van der Waals surface area contributed by atoms with Crippen molar-refractivity contribution in [3.05, 3.63) is 21.3 Å². The van der Waals surface area contributed by atoms with Crippen LogP contribution in [0.15, 0.2) is 11.4 Å². The van der Waals surface area contributed by atoms with Crippen LogP contribution in [0.1, 0.15) is 24.6 Å². The van der Waals surface area contributed by atoms with Crippen LogP contribution in [0.3, 0.4) is 0 Å². The van der Waals surface area contributed by atoms with Crippen LogP contribution in [-0.4, -0.2) is 12.6 Å². The number of hydrogen-bond donors (Lipinski definition) is 1. The molecule has 1 fully saturated rings.